The minimum atomic E-state index is 0.695. The van der Waals surface area contributed by atoms with Crippen molar-refractivity contribution in [1.29, 1.82) is 0 Å². The highest BCUT2D eigenvalue weighted by Gasteiger charge is 2.24. The lowest BCUT2D eigenvalue weighted by molar-refractivity contribution is 0.166. The van der Waals surface area contributed by atoms with Gasteiger partial charge >= 0.3 is 0 Å². The second-order valence-corrected chi connectivity index (χ2v) is 7.09. The third-order valence-corrected chi connectivity index (χ3v) is 5.49. The van der Waals surface area contributed by atoms with E-state index in [2.05, 4.69) is 42.7 Å². The number of hydrogen-bond donors (Lipinski definition) is 1. The molecular weight excluding hydrogens is 252 g/mol. The highest BCUT2D eigenvalue weighted by Crippen LogP contribution is 2.28. The number of likely N-dealkylation sites (N-methyl/N-ethyl adjacent to an activating group) is 1. The molecule has 1 heterocycles. The summed E-state index contributed by atoms with van der Waals surface area (Å²) < 4.78 is 0. The van der Waals surface area contributed by atoms with E-state index >= 15 is 0 Å². The lowest BCUT2D eigenvalue weighted by Crippen LogP contribution is -2.43. The molecule has 1 saturated carbocycles. The second-order valence-electron chi connectivity index (χ2n) is 6.09. The van der Waals surface area contributed by atoms with Crippen LogP contribution in [0.3, 0.4) is 0 Å². The molecular formula is C16H28N2S. The lowest BCUT2D eigenvalue weighted by Gasteiger charge is -2.35. The van der Waals surface area contributed by atoms with Gasteiger partial charge in [0, 0.05) is 24.0 Å². The molecule has 1 atom stereocenters. The van der Waals surface area contributed by atoms with Gasteiger partial charge < -0.3 is 10.2 Å². The first-order valence-electron chi connectivity index (χ1n) is 7.58. The predicted molar refractivity (Wildman–Crippen MR) is 84.8 cm³/mol. The molecule has 1 aromatic heterocycles. The molecule has 1 aliphatic rings. The number of thiophene rings is 1. The first-order chi connectivity index (χ1) is 9.18. The topological polar surface area (TPSA) is 15.3 Å². The lowest BCUT2D eigenvalue weighted by atomic mass is 9.83. The number of rotatable bonds is 6. The van der Waals surface area contributed by atoms with Gasteiger partial charge in [-0.3, -0.25) is 0 Å². The van der Waals surface area contributed by atoms with Gasteiger partial charge in [-0.2, -0.15) is 0 Å². The molecule has 1 fully saturated rings. The van der Waals surface area contributed by atoms with Gasteiger partial charge in [0.05, 0.1) is 0 Å². The van der Waals surface area contributed by atoms with Gasteiger partial charge in [-0.05, 0) is 56.8 Å². The molecule has 19 heavy (non-hydrogen) atoms. The van der Waals surface area contributed by atoms with Crippen LogP contribution in [-0.2, 0) is 6.54 Å². The van der Waals surface area contributed by atoms with Crippen LogP contribution in [0.5, 0.6) is 0 Å². The maximum Gasteiger partial charge on any atom is 0.0303 e. The van der Waals surface area contributed by atoms with Gasteiger partial charge in [0.2, 0.25) is 0 Å². The predicted octanol–water partition coefficient (Wildman–Crippen LogP) is 3.66. The number of nitrogens with one attached hydrogen (secondary N) is 1. The Labute approximate surface area is 122 Å². The number of hydrogen-bond acceptors (Lipinski definition) is 3. The van der Waals surface area contributed by atoms with Crippen molar-refractivity contribution in [2.45, 2.75) is 51.6 Å². The molecule has 1 unspecified atom stereocenters. The first-order valence-corrected chi connectivity index (χ1v) is 8.46. The van der Waals surface area contributed by atoms with E-state index < -0.39 is 0 Å². The fourth-order valence-corrected chi connectivity index (χ4v) is 4.08. The Morgan fingerprint density at radius 2 is 2.05 bits per heavy atom. The van der Waals surface area contributed by atoms with Crippen LogP contribution in [0.4, 0.5) is 0 Å². The summed E-state index contributed by atoms with van der Waals surface area (Å²) in [5.74, 6) is 0.890. The Balaban J connectivity index is 1.81. The van der Waals surface area contributed by atoms with Gasteiger partial charge in [0.25, 0.3) is 0 Å². The van der Waals surface area contributed by atoms with Crippen LogP contribution in [0.15, 0.2) is 11.4 Å². The van der Waals surface area contributed by atoms with Crippen molar-refractivity contribution in [2.75, 3.05) is 20.6 Å². The highest BCUT2D eigenvalue weighted by molar-refractivity contribution is 7.10. The van der Waals surface area contributed by atoms with Gasteiger partial charge in [0.15, 0.2) is 0 Å². The van der Waals surface area contributed by atoms with Crippen LogP contribution >= 0.6 is 11.3 Å². The van der Waals surface area contributed by atoms with Crippen LogP contribution in [0.1, 0.15) is 42.5 Å². The van der Waals surface area contributed by atoms with Crippen molar-refractivity contribution < 1.29 is 0 Å². The fourth-order valence-electron chi connectivity index (χ4n) is 3.21. The number of aryl methyl sites for hydroxylation is 1. The van der Waals surface area contributed by atoms with E-state index in [-0.39, 0.29) is 0 Å². The fraction of sp³-hybridized carbons (Fsp3) is 0.750. The van der Waals surface area contributed by atoms with Crippen molar-refractivity contribution in [3.63, 3.8) is 0 Å². The summed E-state index contributed by atoms with van der Waals surface area (Å²) in [5.41, 5.74) is 1.43. The van der Waals surface area contributed by atoms with Crippen molar-refractivity contribution >= 4 is 11.3 Å². The Morgan fingerprint density at radius 3 is 2.63 bits per heavy atom. The molecule has 0 amide bonds. The third kappa shape index (κ3) is 4.30. The molecule has 0 radical (unpaired) electrons. The molecule has 1 aromatic rings. The van der Waals surface area contributed by atoms with E-state index in [0.717, 1.165) is 19.0 Å². The smallest absolute Gasteiger partial charge is 0.0303 e. The molecule has 0 spiro atoms. The summed E-state index contributed by atoms with van der Waals surface area (Å²) >= 11 is 1.87. The Bertz CT molecular complexity index is 367. The molecule has 0 bridgehead atoms. The van der Waals surface area contributed by atoms with Gasteiger partial charge in [0.1, 0.15) is 0 Å². The molecule has 2 rings (SSSR count). The summed E-state index contributed by atoms with van der Waals surface area (Å²) in [6, 6.07) is 2.91. The van der Waals surface area contributed by atoms with E-state index in [1.54, 1.807) is 0 Å². The van der Waals surface area contributed by atoms with Crippen molar-refractivity contribution in [1.82, 2.24) is 10.2 Å². The maximum absolute atomic E-state index is 3.68. The maximum atomic E-state index is 3.68. The molecule has 0 aliphatic heterocycles. The Kier molecular flexibility index (Phi) is 5.86. The van der Waals surface area contributed by atoms with Crippen molar-refractivity contribution in [3.8, 4) is 0 Å². The first kappa shape index (κ1) is 15.0. The van der Waals surface area contributed by atoms with Crippen molar-refractivity contribution in [2.24, 2.45) is 5.92 Å². The highest BCUT2D eigenvalue weighted by atomic mass is 32.1. The normalized spacial score (nSPS) is 18.9. The second kappa shape index (κ2) is 7.41. The summed E-state index contributed by atoms with van der Waals surface area (Å²) in [6.07, 6.45) is 7.14. The number of nitrogens with zero attached hydrogens (tertiary/aromatic N) is 1. The molecule has 0 aromatic carbocycles. The zero-order valence-electron chi connectivity index (χ0n) is 12.6. The van der Waals surface area contributed by atoms with E-state index in [0.29, 0.717) is 6.04 Å². The van der Waals surface area contributed by atoms with Gasteiger partial charge in [-0.1, -0.05) is 19.3 Å². The quantitative estimate of drug-likeness (QED) is 0.855. The van der Waals surface area contributed by atoms with E-state index in [9.17, 15) is 0 Å². The summed E-state index contributed by atoms with van der Waals surface area (Å²) in [4.78, 5) is 3.91. The molecule has 1 aliphatic carbocycles. The summed E-state index contributed by atoms with van der Waals surface area (Å²) in [6.45, 7) is 4.35. The van der Waals surface area contributed by atoms with Crippen LogP contribution in [-0.4, -0.2) is 31.6 Å². The summed E-state index contributed by atoms with van der Waals surface area (Å²) in [7, 11) is 4.47. The Morgan fingerprint density at radius 1 is 1.32 bits per heavy atom. The molecule has 3 heteroatoms. The zero-order valence-corrected chi connectivity index (χ0v) is 13.4. The molecule has 2 nitrogen and oxygen atoms in total. The van der Waals surface area contributed by atoms with E-state index in [1.807, 2.05) is 11.3 Å². The standard InChI is InChI=1S/C16H28N2S/c1-13-9-10-19-16(13)12-17-11-15(18(2)3)14-7-5-4-6-8-14/h9-10,14-15,17H,4-8,11-12H2,1-3H3. The van der Waals surface area contributed by atoms with Crippen molar-refractivity contribution in [3.05, 3.63) is 21.9 Å². The van der Waals surface area contributed by atoms with E-state index in [4.69, 9.17) is 0 Å². The van der Waals surface area contributed by atoms with Crippen LogP contribution in [0.25, 0.3) is 0 Å². The van der Waals surface area contributed by atoms with Gasteiger partial charge in [-0.25, -0.2) is 0 Å². The third-order valence-electron chi connectivity index (χ3n) is 4.46. The molecule has 108 valence electrons. The zero-order chi connectivity index (χ0) is 13.7. The van der Waals surface area contributed by atoms with Gasteiger partial charge in [-0.15, -0.1) is 11.3 Å². The Hall–Kier alpha value is -0.380. The monoisotopic (exact) mass is 280 g/mol. The largest absolute Gasteiger partial charge is 0.310 e. The van der Waals surface area contributed by atoms with Crippen LogP contribution in [0, 0.1) is 12.8 Å². The van der Waals surface area contributed by atoms with Crippen LogP contribution in [0.2, 0.25) is 0 Å². The SMILES string of the molecule is Cc1ccsc1CNCC(C1CCCCC1)N(C)C. The minimum absolute atomic E-state index is 0.695. The average Bonchev–Trinajstić information content (AvgIpc) is 2.81. The van der Waals surface area contributed by atoms with E-state index in [1.165, 1.54) is 42.5 Å². The average molecular weight is 280 g/mol. The summed E-state index contributed by atoms with van der Waals surface area (Å²) in [5, 5.41) is 5.87. The molecule has 1 N–H and O–H groups in total. The molecule has 0 saturated heterocycles. The minimum Gasteiger partial charge on any atom is -0.310 e. The van der Waals surface area contributed by atoms with Crippen LogP contribution < -0.4 is 5.32 Å².